The predicted molar refractivity (Wildman–Crippen MR) is 143 cm³/mol. The van der Waals surface area contributed by atoms with Crippen molar-refractivity contribution in [3.63, 3.8) is 0 Å². The molecule has 0 atom stereocenters. The van der Waals surface area contributed by atoms with E-state index < -0.39 is 46.2 Å². The maximum atomic E-state index is 13.4. The lowest BCUT2D eigenvalue weighted by Gasteiger charge is -2.15. The third-order valence-corrected chi connectivity index (χ3v) is 6.60. The number of hydrogen-bond donors (Lipinski definition) is 2. The van der Waals surface area contributed by atoms with Crippen LogP contribution in [0.2, 0.25) is 0 Å². The summed E-state index contributed by atoms with van der Waals surface area (Å²) in [6.07, 6.45) is -4.72. The Labute approximate surface area is 227 Å². The number of alkyl halides is 3. The minimum absolute atomic E-state index is 0.120. The number of rotatable bonds is 7. The molecule has 14 heteroatoms. The number of aromatic hydroxyl groups is 1. The van der Waals surface area contributed by atoms with Crippen LogP contribution in [0.15, 0.2) is 61.5 Å². The highest BCUT2D eigenvalue weighted by Gasteiger charge is 2.34. The van der Waals surface area contributed by atoms with Gasteiger partial charge in [-0.2, -0.15) is 13.2 Å². The van der Waals surface area contributed by atoms with E-state index in [1.165, 1.54) is 20.2 Å². The Bertz CT molecular complexity index is 1500. The summed E-state index contributed by atoms with van der Waals surface area (Å²) in [6, 6.07) is 9.71. The molecule has 0 aliphatic carbocycles. The number of benzene rings is 2. The number of aliphatic imine (C=N–C) groups is 1. The number of carbonyl (C=O) groups is 1. The second-order valence-electron chi connectivity index (χ2n) is 7.77. The van der Waals surface area contributed by atoms with Gasteiger partial charge in [-0.05, 0) is 49.4 Å². The summed E-state index contributed by atoms with van der Waals surface area (Å²) < 4.78 is 47.5. The Morgan fingerprint density at radius 3 is 2.39 bits per heavy atom. The van der Waals surface area contributed by atoms with Crippen LogP contribution >= 0.6 is 27.7 Å². The van der Waals surface area contributed by atoms with E-state index in [0.29, 0.717) is 29.8 Å². The summed E-state index contributed by atoms with van der Waals surface area (Å²) in [4.78, 5) is 42.1. The van der Waals surface area contributed by atoms with Gasteiger partial charge in [-0.1, -0.05) is 27.7 Å². The molecule has 0 fully saturated rings. The van der Waals surface area contributed by atoms with E-state index in [4.69, 9.17) is 4.74 Å². The first-order valence-corrected chi connectivity index (χ1v) is 12.7. The molecule has 0 saturated carbocycles. The zero-order valence-corrected chi connectivity index (χ0v) is 22.7. The number of thioether (sulfide) groups is 1. The van der Waals surface area contributed by atoms with Gasteiger partial charge in [0, 0.05) is 18.6 Å². The van der Waals surface area contributed by atoms with Gasteiger partial charge in [0.2, 0.25) is 11.8 Å². The van der Waals surface area contributed by atoms with E-state index in [1.54, 1.807) is 24.3 Å². The van der Waals surface area contributed by atoms with Crippen molar-refractivity contribution in [3.05, 3.63) is 78.9 Å². The lowest BCUT2D eigenvalue weighted by Crippen LogP contribution is -2.39. The lowest BCUT2D eigenvalue weighted by molar-refractivity contribution is -0.137. The zero-order valence-electron chi connectivity index (χ0n) is 20.3. The average Bonchev–Trinajstić information content (AvgIpc) is 2.86. The van der Waals surface area contributed by atoms with Crippen LogP contribution in [-0.2, 0) is 25.1 Å². The van der Waals surface area contributed by atoms with E-state index in [-0.39, 0.29) is 15.1 Å². The van der Waals surface area contributed by atoms with Crippen LogP contribution in [0.25, 0.3) is 0 Å². The monoisotopic (exact) mass is 614 g/mol. The highest BCUT2D eigenvalue weighted by atomic mass is 79.9. The van der Waals surface area contributed by atoms with Crippen molar-refractivity contribution in [2.24, 2.45) is 19.1 Å². The van der Waals surface area contributed by atoms with Gasteiger partial charge >= 0.3 is 11.9 Å². The molecule has 38 heavy (non-hydrogen) atoms. The van der Waals surface area contributed by atoms with Crippen LogP contribution < -0.4 is 21.3 Å². The number of aromatic nitrogens is 2. The predicted octanol–water partition coefficient (Wildman–Crippen LogP) is 4.42. The normalized spacial score (nSPS) is 11.9. The Morgan fingerprint density at radius 1 is 1.13 bits per heavy atom. The smallest absolute Gasteiger partial charge is 0.418 e. The fourth-order valence-corrected chi connectivity index (χ4v) is 4.46. The van der Waals surface area contributed by atoms with E-state index in [1.807, 2.05) is 6.92 Å². The molecule has 0 aliphatic rings. The summed E-state index contributed by atoms with van der Waals surface area (Å²) in [5, 5.41) is 12.7. The fourth-order valence-electron chi connectivity index (χ4n) is 3.26. The molecule has 0 saturated heterocycles. The average molecular weight is 615 g/mol. The van der Waals surface area contributed by atoms with E-state index >= 15 is 0 Å². The largest absolute Gasteiger partial charge is 0.494 e. The van der Waals surface area contributed by atoms with Crippen molar-refractivity contribution in [1.29, 1.82) is 0 Å². The van der Waals surface area contributed by atoms with E-state index in [2.05, 4.69) is 26.2 Å². The fraction of sp³-hybridized carbons (Fsp3) is 0.250. The highest BCUT2D eigenvalue weighted by molar-refractivity contribution is 9.10. The van der Waals surface area contributed by atoms with Crippen molar-refractivity contribution in [2.45, 2.75) is 13.1 Å². The Hall–Kier alpha value is -3.52. The number of halogens is 4. The second kappa shape index (κ2) is 11.9. The summed E-state index contributed by atoms with van der Waals surface area (Å²) in [5.74, 6) is -1.39. The third-order valence-electron chi connectivity index (χ3n) is 5.13. The first-order chi connectivity index (χ1) is 17.8. The third kappa shape index (κ3) is 6.67. The molecule has 0 spiro atoms. The Balaban J connectivity index is 1.98. The van der Waals surface area contributed by atoms with Crippen LogP contribution in [0, 0.1) is 0 Å². The molecular formula is C24H22BrF3N4O5S. The molecule has 0 radical (unpaired) electrons. The second-order valence-corrected chi connectivity index (χ2v) is 9.65. The first kappa shape index (κ1) is 29.0. The highest BCUT2D eigenvalue weighted by Crippen LogP contribution is 2.36. The first-order valence-electron chi connectivity index (χ1n) is 10.9. The van der Waals surface area contributed by atoms with E-state index in [9.17, 15) is 32.7 Å². The van der Waals surface area contributed by atoms with E-state index in [0.717, 1.165) is 21.3 Å². The number of amides is 1. The maximum absolute atomic E-state index is 13.4. The Morgan fingerprint density at radius 2 is 1.79 bits per heavy atom. The minimum atomic E-state index is -4.72. The standard InChI is InChI=1S/C24H22BrF3N4O5S/c1-4-37-15-8-6-14(7-9-15)29-20(19-21(34)31(2)23(36)32(3)22(19)35)38-12-18(33)30-17-10-5-13(25)11-16(17)24(26,27)28/h5-11,34H,4,12H2,1-3H3,(H,30,33). The molecule has 1 aromatic heterocycles. The van der Waals surface area contributed by atoms with Crippen molar-refractivity contribution in [2.75, 3.05) is 17.7 Å². The van der Waals surface area contributed by atoms with Crippen molar-refractivity contribution < 1.29 is 27.8 Å². The topological polar surface area (TPSA) is 115 Å². The molecule has 2 N–H and O–H groups in total. The summed E-state index contributed by atoms with van der Waals surface area (Å²) >= 11 is 3.69. The van der Waals surface area contributed by atoms with Gasteiger partial charge in [-0.15, -0.1) is 0 Å². The molecule has 3 rings (SSSR count). The van der Waals surface area contributed by atoms with Gasteiger partial charge in [0.25, 0.3) is 5.56 Å². The number of nitrogens with zero attached hydrogens (tertiary/aromatic N) is 3. The minimum Gasteiger partial charge on any atom is -0.494 e. The zero-order chi connectivity index (χ0) is 28.2. The molecule has 0 bridgehead atoms. The molecule has 202 valence electrons. The van der Waals surface area contributed by atoms with Gasteiger partial charge in [-0.3, -0.25) is 18.7 Å². The molecule has 1 heterocycles. The maximum Gasteiger partial charge on any atom is 0.418 e. The van der Waals surface area contributed by atoms with Crippen molar-refractivity contribution in [3.8, 4) is 11.6 Å². The van der Waals surface area contributed by atoms with Gasteiger partial charge in [-0.25, -0.2) is 9.79 Å². The quantitative estimate of drug-likeness (QED) is 0.301. The number of ether oxygens (including phenoxy) is 1. The molecule has 1 amide bonds. The summed E-state index contributed by atoms with van der Waals surface area (Å²) in [5.41, 5.74) is -3.15. The van der Waals surface area contributed by atoms with Gasteiger partial charge in [0.15, 0.2) is 0 Å². The Kier molecular flexibility index (Phi) is 9.09. The lowest BCUT2D eigenvalue weighted by atomic mass is 10.1. The van der Waals surface area contributed by atoms with Crippen molar-refractivity contribution in [1.82, 2.24) is 9.13 Å². The number of nitrogens with one attached hydrogen (secondary N) is 1. The van der Waals surface area contributed by atoms with Gasteiger partial charge < -0.3 is 15.2 Å². The number of anilines is 1. The molecule has 0 aliphatic heterocycles. The molecule has 9 nitrogen and oxygen atoms in total. The molecule has 2 aromatic carbocycles. The van der Waals surface area contributed by atoms with Crippen LogP contribution in [0.3, 0.4) is 0 Å². The van der Waals surface area contributed by atoms with Crippen molar-refractivity contribution >= 4 is 50.0 Å². The SMILES string of the molecule is CCOc1ccc(N=C(SCC(=O)Nc2ccc(Br)cc2C(F)(F)F)c2c(O)n(C)c(=O)n(C)c2=O)cc1. The number of carbonyl (C=O) groups excluding carboxylic acids is 1. The number of hydrogen-bond acceptors (Lipinski definition) is 7. The van der Waals surface area contributed by atoms with Crippen LogP contribution in [0.1, 0.15) is 18.1 Å². The van der Waals surface area contributed by atoms with Gasteiger partial charge in [0.1, 0.15) is 16.4 Å². The van der Waals surface area contributed by atoms with Crippen LogP contribution in [0.4, 0.5) is 24.5 Å². The molecule has 3 aromatic rings. The summed E-state index contributed by atoms with van der Waals surface area (Å²) in [6.45, 7) is 2.26. The van der Waals surface area contributed by atoms with Crippen LogP contribution in [-0.4, -0.2) is 37.6 Å². The van der Waals surface area contributed by atoms with Crippen LogP contribution in [0.5, 0.6) is 11.6 Å². The molecular weight excluding hydrogens is 593 g/mol. The van der Waals surface area contributed by atoms with Gasteiger partial charge in [0.05, 0.1) is 29.3 Å². The molecule has 0 unspecified atom stereocenters. The summed E-state index contributed by atoms with van der Waals surface area (Å²) in [7, 11) is 2.46.